The number of hydrogen-bond donors (Lipinski definition) is 3. The van der Waals surface area contributed by atoms with E-state index >= 15 is 0 Å². The lowest BCUT2D eigenvalue weighted by Crippen LogP contribution is -2.53. The lowest BCUT2D eigenvalue weighted by molar-refractivity contribution is -0.466. The first kappa shape index (κ1) is 29.9. The van der Waals surface area contributed by atoms with Gasteiger partial charge in [0.15, 0.2) is 0 Å². The van der Waals surface area contributed by atoms with Crippen molar-refractivity contribution in [3.8, 4) is 0 Å². The Morgan fingerprint density at radius 1 is 1.03 bits per heavy atom. The normalized spacial score (nSPS) is 20.4. The van der Waals surface area contributed by atoms with Crippen LogP contribution in [0.5, 0.6) is 0 Å². The van der Waals surface area contributed by atoms with Crippen LogP contribution in [0.2, 0.25) is 0 Å². The third-order valence-electron chi connectivity index (χ3n) is 7.05. The number of nitrogens with one attached hydrogen (secondary N) is 2. The summed E-state index contributed by atoms with van der Waals surface area (Å²) in [7, 11) is 0. The van der Waals surface area contributed by atoms with Gasteiger partial charge in [-0.25, -0.2) is 9.68 Å². The van der Waals surface area contributed by atoms with Crippen molar-refractivity contribution < 1.29 is 24.3 Å². The van der Waals surface area contributed by atoms with Crippen molar-refractivity contribution in [3.63, 3.8) is 0 Å². The Kier molecular flexibility index (Phi) is 10.9. The van der Waals surface area contributed by atoms with Crippen LogP contribution >= 0.6 is 0 Å². The number of benzene rings is 1. The molecule has 2 saturated heterocycles. The largest absolute Gasteiger partial charge is 0.368 e. The summed E-state index contributed by atoms with van der Waals surface area (Å²) in [6.07, 6.45) is 5.52. The summed E-state index contributed by atoms with van der Waals surface area (Å²) in [5, 5.41) is 7.30. The second-order valence-corrected chi connectivity index (χ2v) is 11.3. The summed E-state index contributed by atoms with van der Waals surface area (Å²) in [4.78, 5) is 50.5. The van der Waals surface area contributed by atoms with Crippen LogP contribution in [0.25, 0.3) is 0 Å². The minimum absolute atomic E-state index is 0.00102. The highest BCUT2D eigenvalue weighted by atomic mass is 17.3. The molecule has 2 aliphatic rings. The van der Waals surface area contributed by atoms with Crippen molar-refractivity contribution in [1.82, 2.24) is 20.6 Å². The molecule has 10 nitrogen and oxygen atoms in total. The molecule has 212 valence electrons. The van der Waals surface area contributed by atoms with Crippen LogP contribution in [0.1, 0.15) is 83.3 Å². The summed E-state index contributed by atoms with van der Waals surface area (Å²) < 4.78 is 0. The van der Waals surface area contributed by atoms with E-state index in [9.17, 15) is 14.4 Å². The van der Waals surface area contributed by atoms with E-state index in [4.69, 9.17) is 15.6 Å². The number of carbonyl (C=O) groups excluding carboxylic acids is 3. The van der Waals surface area contributed by atoms with Crippen molar-refractivity contribution in [3.05, 3.63) is 35.4 Å². The maximum Gasteiger partial charge on any atom is 0.317 e. The molecule has 0 spiro atoms. The zero-order chi connectivity index (χ0) is 27.7. The van der Waals surface area contributed by atoms with Crippen LogP contribution in [0, 0.1) is 0 Å². The number of likely N-dealkylation sites (tertiary alicyclic amines) is 1. The van der Waals surface area contributed by atoms with Gasteiger partial charge in [0.2, 0.25) is 11.8 Å². The summed E-state index contributed by atoms with van der Waals surface area (Å²) >= 11 is 0. The van der Waals surface area contributed by atoms with Gasteiger partial charge in [0, 0.05) is 32.6 Å². The lowest BCUT2D eigenvalue weighted by atomic mass is 9.88. The van der Waals surface area contributed by atoms with E-state index in [1.165, 1.54) is 5.56 Å². The molecule has 38 heavy (non-hydrogen) atoms. The molecule has 10 heteroatoms. The van der Waals surface area contributed by atoms with E-state index in [0.717, 1.165) is 50.8 Å². The number of amides is 4. The second kappa shape index (κ2) is 13.9. The number of primary amides is 1. The summed E-state index contributed by atoms with van der Waals surface area (Å²) in [6.45, 7) is 10.2. The van der Waals surface area contributed by atoms with Crippen LogP contribution in [0.4, 0.5) is 4.79 Å². The molecule has 0 radical (unpaired) electrons. The topological polar surface area (TPSA) is 126 Å². The molecule has 0 bridgehead atoms. The van der Waals surface area contributed by atoms with E-state index in [0.29, 0.717) is 31.8 Å². The first-order valence-corrected chi connectivity index (χ1v) is 13.9. The van der Waals surface area contributed by atoms with Crippen molar-refractivity contribution in [2.45, 2.75) is 96.2 Å². The smallest absolute Gasteiger partial charge is 0.317 e. The lowest BCUT2D eigenvalue weighted by Gasteiger charge is -2.32. The first-order valence-electron chi connectivity index (χ1n) is 13.9. The molecule has 2 fully saturated rings. The molecule has 1 aromatic carbocycles. The van der Waals surface area contributed by atoms with Gasteiger partial charge in [0.05, 0.1) is 5.60 Å². The Morgan fingerprint density at radius 2 is 1.71 bits per heavy atom. The number of nitrogens with zero attached hydrogens (tertiary/aromatic N) is 2. The summed E-state index contributed by atoms with van der Waals surface area (Å²) in [5.41, 5.74) is 7.31. The fourth-order valence-corrected chi connectivity index (χ4v) is 4.92. The van der Waals surface area contributed by atoms with Gasteiger partial charge in [-0.3, -0.25) is 9.59 Å². The van der Waals surface area contributed by atoms with E-state index in [2.05, 4.69) is 22.8 Å². The number of urea groups is 1. The maximum absolute atomic E-state index is 13.2. The Hall–Kier alpha value is -2.69. The average Bonchev–Trinajstić information content (AvgIpc) is 3.13. The third-order valence-corrected chi connectivity index (χ3v) is 7.05. The van der Waals surface area contributed by atoms with Gasteiger partial charge in [0.1, 0.15) is 12.1 Å². The Labute approximate surface area is 226 Å². The minimum atomic E-state index is -0.831. The third kappa shape index (κ3) is 8.96. The quantitative estimate of drug-likeness (QED) is 0.332. The monoisotopic (exact) mass is 531 g/mol. The van der Waals surface area contributed by atoms with E-state index in [1.807, 2.05) is 44.7 Å². The minimum Gasteiger partial charge on any atom is -0.368 e. The number of carbonyl (C=O) groups is 3. The summed E-state index contributed by atoms with van der Waals surface area (Å²) in [6, 6.07) is 6.74. The predicted octanol–water partition coefficient (Wildman–Crippen LogP) is 3.01. The molecule has 0 aromatic heterocycles. The highest BCUT2D eigenvalue weighted by molar-refractivity contribution is 5.89. The number of nitrogens with two attached hydrogens (primary N) is 1. The average molecular weight is 532 g/mol. The molecule has 4 N–H and O–H groups in total. The first-order chi connectivity index (χ1) is 18.1. The number of rotatable bonds is 9. The molecule has 1 unspecified atom stereocenters. The SMILES string of the molecule is CCNC(=O)N1CCC(c2ccc(CC(NC(=O)[C@@H]3CCCCCN3OOC(C)(C)C)C(N)=O)cc2)CC1. The fourth-order valence-electron chi connectivity index (χ4n) is 4.92. The van der Waals surface area contributed by atoms with E-state index < -0.39 is 23.6 Å². The molecular weight excluding hydrogens is 486 g/mol. The van der Waals surface area contributed by atoms with Gasteiger partial charge in [-0.2, -0.15) is 0 Å². The van der Waals surface area contributed by atoms with Crippen LogP contribution in [0.15, 0.2) is 24.3 Å². The zero-order valence-electron chi connectivity index (χ0n) is 23.3. The molecule has 2 aliphatic heterocycles. The Bertz CT molecular complexity index is 925. The number of hydroxylamine groups is 2. The molecule has 1 aromatic rings. The van der Waals surface area contributed by atoms with Crippen molar-refractivity contribution >= 4 is 17.8 Å². The molecule has 4 amide bonds. The standard InChI is InChI=1S/C28H45N5O5/c1-5-30-27(36)32-17-14-22(15-18-32)21-12-10-20(11-13-21)19-23(25(29)34)31-26(35)24-9-7-6-8-16-33(24)38-37-28(2,3)4/h10-13,22-24H,5-9,14-19H2,1-4H3,(H2,29,34)(H,30,36)(H,31,35)/t23?,24-/m0/s1. The molecule has 0 aliphatic carbocycles. The van der Waals surface area contributed by atoms with E-state index in [-0.39, 0.29) is 11.9 Å². The predicted molar refractivity (Wildman–Crippen MR) is 145 cm³/mol. The van der Waals surface area contributed by atoms with Gasteiger partial charge in [-0.1, -0.05) is 37.1 Å². The highest BCUT2D eigenvalue weighted by Gasteiger charge is 2.33. The second-order valence-electron chi connectivity index (χ2n) is 11.3. The van der Waals surface area contributed by atoms with Crippen molar-refractivity contribution in [2.75, 3.05) is 26.2 Å². The van der Waals surface area contributed by atoms with Crippen molar-refractivity contribution in [1.29, 1.82) is 0 Å². The van der Waals surface area contributed by atoms with Gasteiger partial charge in [0.25, 0.3) is 0 Å². The molecule has 3 rings (SSSR count). The fraction of sp³-hybridized carbons (Fsp3) is 0.679. The van der Waals surface area contributed by atoms with E-state index in [1.54, 1.807) is 5.06 Å². The van der Waals surface area contributed by atoms with Crippen LogP contribution in [0.3, 0.4) is 0 Å². The number of hydrogen-bond acceptors (Lipinski definition) is 6. The highest BCUT2D eigenvalue weighted by Crippen LogP contribution is 2.28. The van der Waals surface area contributed by atoms with Crippen molar-refractivity contribution in [2.24, 2.45) is 5.73 Å². The van der Waals surface area contributed by atoms with Gasteiger partial charge in [-0.05, 0) is 70.4 Å². The molecule has 2 atom stereocenters. The Morgan fingerprint density at radius 3 is 2.32 bits per heavy atom. The van der Waals surface area contributed by atoms with Gasteiger partial charge < -0.3 is 21.3 Å². The van der Waals surface area contributed by atoms with Crippen LogP contribution in [-0.2, 0) is 25.9 Å². The molecular formula is C28H45N5O5. The zero-order valence-corrected chi connectivity index (χ0v) is 23.3. The van der Waals surface area contributed by atoms with Gasteiger partial charge >= 0.3 is 6.03 Å². The summed E-state index contributed by atoms with van der Waals surface area (Å²) in [5.74, 6) is -0.478. The van der Waals surface area contributed by atoms with Gasteiger partial charge in [-0.15, -0.1) is 10.1 Å². The molecule has 0 saturated carbocycles. The Balaban J connectivity index is 1.58. The molecule has 2 heterocycles. The number of piperidine rings is 1. The maximum atomic E-state index is 13.2. The van der Waals surface area contributed by atoms with Crippen LogP contribution in [-0.4, -0.2) is 71.7 Å². The van der Waals surface area contributed by atoms with Crippen LogP contribution < -0.4 is 16.4 Å².